The van der Waals surface area contributed by atoms with Gasteiger partial charge in [0.15, 0.2) is 33.1 Å². The molecule has 0 aliphatic carbocycles. The van der Waals surface area contributed by atoms with Crippen molar-refractivity contribution in [1.29, 1.82) is 0 Å². The van der Waals surface area contributed by atoms with Gasteiger partial charge in [-0.1, -0.05) is 6.07 Å². The van der Waals surface area contributed by atoms with Gasteiger partial charge in [0.25, 0.3) is 0 Å². The smallest absolute Gasteiger partial charge is 0.204 e. The molecule has 0 spiro atoms. The fourth-order valence-corrected chi connectivity index (χ4v) is 5.28. The van der Waals surface area contributed by atoms with Crippen molar-refractivity contribution in [2.24, 2.45) is 0 Å². The molecule has 2 atom stereocenters. The number of methoxy groups -OCH3 is 2. The number of aliphatic hydroxyl groups excluding tert-OH is 1. The van der Waals surface area contributed by atoms with Crippen molar-refractivity contribution in [3.63, 3.8) is 0 Å². The van der Waals surface area contributed by atoms with E-state index < -0.39 is 26.9 Å². The molecule has 0 radical (unpaired) electrons. The number of oxazole rings is 1. The normalized spacial score (nSPS) is 13.5. The van der Waals surface area contributed by atoms with Crippen LogP contribution in [0.2, 0.25) is 0 Å². The number of hydrogen-bond donors (Lipinski definition) is 1. The summed E-state index contributed by atoms with van der Waals surface area (Å²) in [6, 6.07) is 8.67. The molecule has 0 aliphatic heterocycles. The highest BCUT2D eigenvalue weighted by molar-refractivity contribution is 7.91. The summed E-state index contributed by atoms with van der Waals surface area (Å²) in [5.74, 6) is 2.14. The van der Waals surface area contributed by atoms with Gasteiger partial charge in [-0.05, 0) is 45.0 Å². The predicted molar refractivity (Wildman–Crippen MR) is 130 cm³/mol. The maximum Gasteiger partial charge on any atom is 0.204 e. The van der Waals surface area contributed by atoms with Gasteiger partial charge in [0.1, 0.15) is 34.8 Å². The Morgan fingerprint density at radius 2 is 1.69 bits per heavy atom. The van der Waals surface area contributed by atoms with E-state index in [1.54, 1.807) is 51.1 Å². The van der Waals surface area contributed by atoms with Crippen molar-refractivity contribution in [2.75, 3.05) is 14.2 Å². The molecule has 0 fully saturated rings. The first-order valence-electron chi connectivity index (χ1n) is 11.1. The molecule has 0 aliphatic rings. The fourth-order valence-electron chi connectivity index (χ4n) is 3.95. The number of aryl methyl sites for hydroxylation is 3. The summed E-state index contributed by atoms with van der Waals surface area (Å²) in [5, 5.41) is 18.0. The lowest BCUT2D eigenvalue weighted by Gasteiger charge is -2.19. The van der Waals surface area contributed by atoms with Crippen LogP contribution in [0.15, 0.2) is 39.2 Å². The van der Waals surface area contributed by atoms with Gasteiger partial charge in [0, 0.05) is 6.92 Å². The Morgan fingerprint density at radius 1 is 1.03 bits per heavy atom. The molecule has 4 aromatic rings. The SMILES string of the molecule is COc1cccc(OC)c1-n1c(CS(=O)(=O)[C@@H](C)[C@@H](O)c2oc(C)nc2C)nnc1-c1ccc(C)o1. The molecular formula is C24H28N4O7S. The third kappa shape index (κ3) is 4.61. The van der Waals surface area contributed by atoms with E-state index in [0.717, 1.165) is 0 Å². The highest BCUT2D eigenvalue weighted by Gasteiger charge is 2.35. The van der Waals surface area contributed by atoms with Crippen LogP contribution in [0.3, 0.4) is 0 Å². The monoisotopic (exact) mass is 516 g/mol. The molecule has 192 valence electrons. The number of aromatic nitrogens is 4. The highest BCUT2D eigenvalue weighted by Crippen LogP contribution is 2.37. The summed E-state index contributed by atoms with van der Waals surface area (Å²) in [4.78, 5) is 4.13. The Labute approximate surface area is 208 Å². The van der Waals surface area contributed by atoms with Crippen LogP contribution >= 0.6 is 0 Å². The van der Waals surface area contributed by atoms with Gasteiger partial charge in [-0.2, -0.15) is 0 Å². The maximum atomic E-state index is 13.5. The first-order valence-corrected chi connectivity index (χ1v) is 12.8. The van der Waals surface area contributed by atoms with Crippen LogP contribution in [0.4, 0.5) is 0 Å². The van der Waals surface area contributed by atoms with Crippen LogP contribution in [0, 0.1) is 20.8 Å². The molecule has 0 saturated heterocycles. The Kier molecular flexibility index (Phi) is 6.92. The molecule has 36 heavy (non-hydrogen) atoms. The van der Waals surface area contributed by atoms with Gasteiger partial charge in [0.05, 0.1) is 25.2 Å². The minimum Gasteiger partial charge on any atom is -0.494 e. The van der Waals surface area contributed by atoms with E-state index in [1.807, 2.05) is 0 Å². The van der Waals surface area contributed by atoms with Crippen molar-refractivity contribution < 1.29 is 31.8 Å². The van der Waals surface area contributed by atoms with Crippen LogP contribution in [0.5, 0.6) is 11.5 Å². The van der Waals surface area contributed by atoms with E-state index in [4.69, 9.17) is 18.3 Å². The highest BCUT2D eigenvalue weighted by atomic mass is 32.2. The molecule has 0 bridgehead atoms. The fraction of sp³-hybridized carbons (Fsp3) is 0.375. The lowest BCUT2D eigenvalue weighted by atomic mass is 10.2. The minimum atomic E-state index is -3.97. The van der Waals surface area contributed by atoms with E-state index in [1.165, 1.54) is 25.7 Å². The number of rotatable bonds is 9. The summed E-state index contributed by atoms with van der Waals surface area (Å²) >= 11 is 0. The molecule has 11 nitrogen and oxygen atoms in total. The van der Waals surface area contributed by atoms with Crippen molar-refractivity contribution >= 4 is 9.84 Å². The van der Waals surface area contributed by atoms with Crippen LogP contribution in [-0.2, 0) is 15.6 Å². The third-order valence-electron chi connectivity index (χ3n) is 5.87. The van der Waals surface area contributed by atoms with Crippen molar-refractivity contribution in [3.8, 4) is 28.8 Å². The Hall–Kier alpha value is -3.64. The Balaban J connectivity index is 1.83. The molecule has 0 saturated carbocycles. The lowest BCUT2D eigenvalue weighted by molar-refractivity contribution is 0.146. The van der Waals surface area contributed by atoms with Gasteiger partial charge in [-0.25, -0.2) is 13.4 Å². The van der Waals surface area contributed by atoms with E-state index in [-0.39, 0.29) is 17.4 Å². The zero-order valence-electron chi connectivity index (χ0n) is 20.8. The first kappa shape index (κ1) is 25.5. The van der Waals surface area contributed by atoms with Crippen LogP contribution in [0.1, 0.15) is 42.0 Å². The second-order valence-electron chi connectivity index (χ2n) is 8.34. The third-order valence-corrected chi connectivity index (χ3v) is 7.92. The van der Waals surface area contributed by atoms with Gasteiger partial charge in [0.2, 0.25) is 5.82 Å². The van der Waals surface area contributed by atoms with Crippen LogP contribution in [-0.4, -0.2) is 52.7 Å². The van der Waals surface area contributed by atoms with Gasteiger partial charge in [-0.15, -0.1) is 10.2 Å². The average molecular weight is 517 g/mol. The van der Waals surface area contributed by atoms with Crippen molar-refractivity contribution in [2.45, 2.75) is 44.8 Å². The summed E-state index contributed by atoms with van der Waals surface area (Å²) in [6.45, 7) is 6.48. The predicted octanol–water partition coefficient (Wildman–Crippen LogP) is 3.49. The minimum absolute atomic E-state index is 0.0892. The standard InChI is InChI=1S/C24H28N4O7S/c1-13-10-11-19(34-13)24-27-26-20(28(24)21-17(32-5)8-7-9-18(21)33-6)12-36(30,31)15(3)22(29)23-14(2)25-16(4)35-23/h7-11,15,22,29H,12H2,1-6H3/t15-,22+/m0/s1. The molecule has 1 N–H and O–H groups in total. The van der Waals surface area contributed by atoms with E-state index in [2.05, 4.69) is 15.2 Å². The van der Waals surface area contributed by atoms with Gasteiger partial charge in [-0.3, -0.25) is 4.57 Å². The largest absolute Gasteiger partial charge is 0.494 e. The molecule has 4 rings (SSSR count). The van der Waals surface area contributed by atoms with E-state index in [0.29, 0.717) is 40.3 Å². The quantitative estimate of drug-likeness (QED) is 0.351. The van der Waals surface area contributed by atoms with Gasteiger partial charge >= 0.3 is 0 Å². The number of aliphatic hydroxyl groups is 1. The number of ether oxygens (including phenoxy) is 2. The molecule has 12 heteroatoms. The molecule has 1 aromatic carbocycles. The zero-order chi connectivity index (χ0) is 26.2. The maximum absolute atomic E-state index is 13.5. The molecule has 0 amide bonds. The summed E-state index contributed by atoms with van der Waals surface area (Å²) in [7, 11) is -0.983. The second kappa shape index (κ2) is 9.78. The van der Waals surface area contributed by atoms with Gasteiger partial charge < -0.3 is 23.4 Å². The number of sulfone groups is 1. The Morgan fingerprint density at radius 3 is 2.22 bits per heavy atom. The number of hydrogen-bond acceptors (Lipinski definition) is 10. The van der Waals surface area contributed by atoms with E-state index >= 15 is 0 Å². The van der Waals surface area contributed by atoms with Crippen LogP contribution in [0.25, 0.3) is 17.3 Å². The second-order valence-corrected chi connectivity index (χ2v) is 10.7. The van der Waals surface area contributed by atoms with Crippen LogP contribution < -0.4 is 9.47 Å². The summed E-state index contributed by atoms with van der Waals surface area (Å²) in [5.41, 5.74) is 0.844. The molecular weight excluding hydrogens is 488 g/mol. The number of nitrogens with zero attached hydrogens (tertiary/aromatic N) is 4. The molecule has 3 aromatic heterocycles. The summed E-state index contributed by atoms with van der Waals surface area (Å²) in [6.07, 6.45) is -1.42. The Bertz CT molecular complexity index is 1460. The van der Waals surface area contributed by atoms with Crippen molar-refractivity contribution in [1.82, 2.24) is 19.7 Å². The summed E-state index contributed by atoms with van der Waals surface area (Å²) < 4.78 is 50.8. The number of para-hydroxylation sites is 1. The van der Waals surface area contributed by atoms with Crippen molar-refractivity contribution in [3.05, 3.63) is 59.3 Å². The van der Waals surface area contributed by atoms with E-state index in [9.17, 15) is 13.5 Å². The number of benzene rings is 1. The molecule has 3 heterocycles. The first-order chi connectivity index (χ1) is 17.1. The lowest BCUT2D eigenvalue weighted by Crippen LogP contribution is -2.28. The topological polar surface area (TPSA) is 143 Å². The molecule has 0 unspecified atom stereocenters. The average Bonchev–Trinajstić information content (AvgIpc) is 3.55. The zero-order valence-corrected chi connectivity index (χ0v) is 21.7. The number of furan rings is 1.